The van der Waals surface area contributed by atoms with Crippen LogP contribution in [-0.4, -0.2) is 34.1 Å². The Kier molecular flexibility index (Phi) is 8.94. The lowest BCUT2D eigenvalue weighted by Crippen LogP contribution is -2.34. The molecule has 0 amide bonds. The predicted molar refractivity (Wildman–Crippen MR) is 57.8 cm³/mol. The molecule has 0 aliphatic heterocycles. The van der Waals surface area contributed by atoms with E-state index >= 15 is 0 Å². The first-order valence-corrected chi connectivity index (χ1v) is 4.14. The summed E-state index contributed by atoms with van der Waals surface area (Å²) in [6.07, 6.45) is 3.69. The Morgan fingerprint density at radius 1 is 1.73 bits per heavy atom. The molecule has 0 spiro atoms. The van der Waals surface area contributed by atoms with Crippen LogP contribution in [0.5, 0.6) is 0 Å². The van der Waals surface area contributed by atoms with Crippen LogP contribution in [0.25, 0.3) is 0 Å². The molecule has 0 saturated heterocycles. The number of ether oxygens (including phenoxy) is 1. The number of hydrogen-bond acceptors (Lipinski definition) is 4. The number of imidazole rings is 1. The summed E-state index contributed by atoms with van der Waals surface area (Å²) in [5.74, 6) is 0.305. The lowest BCUT2D eigenvalue weighted by molar-refractivity contribution is -0.144. The number of nitrogens with zero attached hydrogens (tertiary/aromatic N) is 1. The molecule has 0 fully saturated rings. The fourth-order valence-corrected chi connectivity index (χ4v) is 0.951. The molecule has 0 aliphatic rings. The van der Waals surface area contributed by atoms with Crippen molar-refractivity contribution in [2.75, 3.05) is 6.61 Å². The third-order valence-corrected chi connectivity index (χ3v) is 1.56. The smallest absolute Gasteiger partial charge is 0.323 e. The summed E-state index contributed by atoms with van der Waals surface area (Å²) in [5.41, 5.74) is 5.56. The average Bonchev–Trinajstić information content (AvgIpc) is 2.57. The van der Waals surface area contributed by atoms with Crippen molar-refractivity contribution in [1.29, 1.82) is 0 Å². The predicted octanol–water partition coefficient (Wildman–Crippen LogP) is -0.560. The van der Waals surface area contributed by atoms with Gasteiger partial charge in [-0.1, -0.05) is 0 Å². The maximum absolute atomic E-state index is 11.1. The maximum Gasteiger partial charge on any atom is 0.323 e. The number of H-pyrrole nitrogens is 1. The number of rotatable bonds is 4. The van der Waals surface area contributed by atoms with E-state index < -0.39 is 6.04 Å². The van der Waals surface area contributed by atoms with Crippen LogP contribution in [0.3, 0.4) is 0 Å². The second-order valence-corrected chi connectivity index (χ2v) is 2.60. The molecule has 0 saturated carbocycles. The van der Waals surface area contributed by atoms with Crippen molar-refractivity contribution in [2.24, 2.45) is 5.73 Å². The SMILES string of the molecule is CCOC(=O)C(N)Cc1ncc[nH]1.Cl.O. The molecular weight excluding hydrogens is 222 g/mol. The largest absolute Gasteiger partial charge is 0.465 e. The minimum absolute atomic E-state index is 0. The highest BCUT2D eigenvalue weighted by molar-refractivity contribution is 5.85. The average molecular weight is 238 g/mol. The molecule has 1 aromatic rings. The highest BCUT2D eigenvalue weighted by Gasteiger charge is 2.15. The highest BCUT2D eigenvalue weighted by Crippen LogP contribution is 1.96. The van der Waals surface area contributed by atoms with Crippen LogP contribution in [0.15, 0.2) is 12.4 Å². The van der Waals surface area contributed by atoms with Gasteiger partial charge in [0.15, 0.2) is 0 Å². The second kappa shape index (κ2) is 8.22. The molecule has 0 aromatic carbocycles. The van der Waals surface area contributed by atoms with Crippen LogP contribution in [0.1, 0.15) is 12.7 Å². The van der Waals surface area contributed by atoms with Crippen LogP contribution >= 0.6 is 12.4 Å². The fourth-order valence-electron chi connectivity index (χ4n) is 0.951. The Labute approximate surface area is 93.9 Å². The van der Waals surface area contributed by atoms with Gasteiger partial charge in [0.1, 0.15) is 11.9 Å². The Morgan fingerprint density at radius 2 is 2.40 bits per heavy atom. The van der Waals surface area contributed by atoms with Gasteiger partial charge in [-0.05, 0) is 6.92 Å². The van der Waals surface area contributed by atoms with Crippen LogP contribution in [-0.2, 0) is 16.0 Å². The van der Waals surface area contributed by atoms with Crippen LogP contribution in [0.4, 0.5) is 0 Å². The molecule has 0 radical (unpaired) electrons. The molecule has 88 valence electrons. The molecule has 15 heavy (non-hydrogen) atoms. The maximum atomic E-state index is 11.1. The van der Waals surface area contributed by atoms with E-state index in [1.54, 1.807) is 19.3 Å². The Balaban J connectivity index is 0. The monoisotopic (exact) mass is 237 g/mol. The quantitative estimate of drug-likeness (QED) is 0.684. The summed E-state index contributed by atoms with van der Waals surface area (Å²) < 4.78 is 4.75. The standard InChI is InChI=1S/C8H13N3O2.ClH.H2O/c1-2-13-8(12)6(9)5-7-10-3-4-11-7;;/h3-4,6H,2,5,9H2,1H3,(H,10,11);1H;1H2. The number of aromatic nitrogens is 2. The minimum Gasteiger partial charge on any atom is -0.465 e. The first-order chi connectivity index (χ1) is 6.24. The van der Waals surface area contributed by atoms with Crippen molar-refractivity contribution < 1.29 is 15.0 Å². The van der Waals surface area contributed by atoms with E-state index in [1.807, 2.05) is 0 Å². The zero-order chi connectivity index (χ0) is 9.68. The summed E-state index contributed by atoms with van der Waals surface area (Å²) in [4.78, 5) is 17.9. The highest BCUT2D eigenvalue weighted by atomic mass is 35.5. The molecule has 1 aromatic heterocycles. The lowest BCUT2D eigenvalue weighted by atomic mass is 10.2. The molecule has 7 heteroatoms. The molecule has 6 nitrogen and oxygen atoms in total. The molecular formula is C8H16ClN3O3. The summed E-state index contributed by atoms with van der Waals surface area (Å²) in [6, 6.07) is -0.633. The van der Waals surface area contributed by atoms with Crippen LogP contribution < -0.4 is 5.73 Å². The van der Waals surface area contributed by atoms with E-state index in [4.69, 9.17) is 10.5 Å². The summed E-state index contributed by atoms with van der Waals surface area (Å²) in [5, 5.41) is 0. The number of aromatic amines is 1. The molecule has 0 aliphatic carbocycles. The number of esters is 1. The van der Waals surface area contributed by atoms with E-state index in [1.165, 1.54) is 0 Å². The number of carbonyl (C=O) groups is 1. The number of halogens is 1. The van der Waals surface area contributed by atoms with E-state index in [9.17, 15) is 4.79 Å². The van der Waals surface area contributed by atoms with Crippen molar-refractivity contribution in [3.8, 4) is 0 Å². The molecule has 0 bridgehead atoms. The van der Waals surface area contributed by atoms with Crippen molar-refractivity contribution >= 4 is 18.4 Å². The van der Waals surface area contributed by atoms with Gasteiger partial charge >= 0.3 is 5.97 Å². The minimum atomic E-state index is -0.633. The van der Waals surface area contributed by atoms with E-state index in [-0.39, 0.29) is 23.9 Å². The van der Waals surface area contributed by atoms with Gasteiger partial charge in [-0.15, -0.1) is 12.4 Å². The number of hydrogen-bond donors (Lipinski definition) is 2. The van der Waals surface area contributed by atoms with Gasteiger partial charge in [0.2, 0.25) is 0 Å². The fraction of sp³-hybridized carbons (Fsp3) is 0.500. The summed E-state index contributed by atoms with van der Waals surface area (Å²) in [7, 11) is 0. The topological polar surface area (TPSA) is 112 Å². The van der Waals surface area contributed by atoms with Gasteiger partial charge in [0, 0.05) is 18.8 Å². The van der Waals surface area contributed by atoms with Gasteiger partial charge in [-0.3, -0.25) is 4.79 Å². The molecule has 5 N–H and O–H groups in total. The van der Waals surface area contributed by atoms with Crippen LogP contribution in [0, 0.1) is 0 Å². The van der Waals surface area contributed by atoms with Crippen molar-refractivity contribution in [3.05, 3.63) is 18.2 Å². The third-order valence-electron chi connectivity index (χ3n) is 1.56. The zero-order valence-corrected chi connectivity index (χ0v) is 9.21. The number of carbonyl (C=O) groups excluding carboxylic acids is 1. The van der Waals surface area contributed by atoms with Crippen molar-refractivity contribution in [3.63, 3.8) is 0 Å². The molecule has 1 heterocycles. The Morgan fingerprint density at radius 3 is 2.87 bits per heavy atom. The zero-order valence-electron chi connectivity index (χ0n) is 8.40. The van der Waals surface area contributed by atoms with Crippen LogP contribution in [0.2, 0.25) is 0 Å². The second-order valence-electron chi connectivity index (χ2n) is 2.60. The van der Waals surface area contributed by atoms with Gasteiger partial charge in [0.05, 0.1) is 6.61 Å². The Hall–Kier alpha value is -1.11. The van der Waals surface area contributed by atoms with Crippen molar-refractivity contribution in [1.82, 2.24) is 9.97 Å². The summed E-state index contributed by atoms with van der Waals surface area (Å²) in [6.45, 7) is 2.10. The number of nitrogens with two attached hydrogens (primary N) is 1. The lowest BCUT2D eigenvalue weighted by Gasteiger charge is -2.07. The molecule has 1 unspecified atom stereocenters. The van der Waals surface area contributed by atoms with Gasteiger partial charge in [0.25, 0.3) is 0 Å². The number of nitrogens with one attached hydrogen (secondary N) is 1. The van der Waals surface area contributed by atoms with Gasteiger partial charge in [-0.25, -0.2) is 4.98 Å². The Bertz CT molecular complexity index is 266. The summed E-state index contributed by atoms with van der Waals surface area (Å²) >= 11 is 0. The first-order valence-electron chi connectivity index (χ1n) is 4.14. The van der Waals surface area contributed by atoms with E-state index in [0.717, 1.165) is 0 Å². The molecule has 1 atom stereocenters. The third kappa shape index (κ3) is 5.36. The van der Waals surface area contributed by atoms with E-state index in [2.05, 4.69) is 9.97 Å². The normalized spacial score (nSPS) is 10.8. The van der Waals surface area contributed by atoms with Gasteiger partial charge < -0.3 is 20.9 Å². The first kappa shape index (κ1) is 16.3. The van der Waals surface area contributed by atoms with Crippen molar-refractivity contribution in [2.45, 2.75) is 19.4 Å². The van der Waals surface area contributed by atoms with E-state index in [0.29, 0.717) is 18.9 Å². The molecule has 1 rings (SSSR count). The van der Waals surface area contributed by atoms with Gasteiger partial charge in [-0.2, -0.15) is 0 Å².